The molecule has 1 fully saturated rings. The minimum atomic E-state index is 0. The van der Waals surface area contributed by atoms with Crippen molar-refractivity contribution in [3.63, 3.8) is 0 Å². The lowest BCUT2D eigenvalue weighted by molar-refractivity contribution is -0.00833. The number of benzene rings is 1. The molecule has 0 unspecified atom stereocenters. The molecule has 0 aromatic heterocycles. The largest absolute Gasteiger partial charge is 0.496 e. The number of hydrogen-bond donors (Lipinski definition) is 2. The van der Waals surface area contributed by atoms with Gasteiger partial charge in [-0.2, -0.15) is 0 Å². The Balaban J connectivity index is 0.00000364. The van der Waals surface area contributed by atoms with Crippen LogP contribution in [0.5, 0.6) is 5.75 Å². The number of guanidine groups is 1. The fourth-order valence-electron chi connectivity index (χ4n) is 3.15. The van der Waals surface area contributed by atoms with E-state index in [2.05, 4.69) is 59.5 Å². The maximum atomic E-state index is 5.45. The Morgan fingerprint density at radius 2 is 1.96 bits per heavy atom. The van der Waals surface area contributed by atoms with Crippen LogP contribution < -0.4 is 15.4 Å². The molecule has 6 nitrogen and oxygen atoms in total. The molecule has 2 N–H and O–H groups in total. The van der Waals surface area contributed by atoms with Crippen LogP contribution in [-0.4, -0.2) is 69.9 Å². The van der Waals surface area contributed by atoms with Gasteiger partial charge < -0.3 is 20.1 Å². The molecule has 0 radical (unpaired) electrons. The molecule has 0 saturated carbocycles. The summed E-state index contributed by atoms with van der Waals surface area (Å²) in [5.41, 5.74) is 2.47. The fraction of sp³-hybridized carbons (Fsp3) is 0.650. The Labute approximate surface area is 181 Å². The van der Waals surface area contributed by atoms with Crippen molar-refractivity contribution in [3.05, 3.63) is 29.3 Å². The molecule has 1 saturated heterocycles. The van der Waals surface area contributed by atoms with Crippen molar-refractivity contribution in [1.82, 2.24) is 15.5 Å². The van der Waals surface area contributed by atoms with Crippen molar-refractivity contribution in [2.24, 2.45) is 4.99 Å². The molecule has 1 aromatic carbocycles. The SMILES string of the molecule is CN=C(NCCc1ccc(C)c(OC)c1)NCC(C)(C)N1CCOCC1.I. The Morgan fingerprint density at radius 1 is 1.26 bits per heavy atom. The first-order valence-corrected chi connectivity index (χ1v) is 9.37. The molecule has 1 aromatic rings. The number of methoxy groups -OCH3 is 1. The first kappa shape index (κ1) is 24.0. The lowest BCUT2D eigenvalue weighted by Gasteiger charge is -2.41. The van der Waals surface area contributed by atoms with Crippen molar-refractivity contribution in [1.29, 1.82) is 0 Å². The Bertz CT molecular complexity index is 602. The van der Waals surface area contributed by atoms with E-state index in [1.165, 1.54) is 5.56 Å². The third-order valence-corrected chi connectivity index (χ3v) is 4.96. The monoisotopic (exact) mass is 490 g/mol. The molecular weight excluding hydrogens is 455 g/mol. The molecule has 0 atom stereocenters. The minimum Gasteiger partial charge on any atom is -0.496 e. The third kappa shape index (κ3) is 7.46. The highest BCUT2D eigenvalue weighted by atomic mass is 127. The Morgan fingerprint density at radius 3 is 2.59 bits per heavy atom. The van der Waals surface area contributed by atoms with Crippen LogP contribution in [0.3, 0.4) is 0 Å². The molecule has 2 rings (SSSR count). The number of hydrogen-bond acceptors (Lipinski definition) is 4. The number of aliphatic imine (C=N–C) groups is 1. The minimum absolute atomic E-state index is 0. The van der Waals surface area contributed by atoms with Gasteiger partial charge in [0.15, 0.2) is 5.96 Å². The fourth-order valence-corrected chi connectivity index (χ4v) is 3.15. The lowest BCUT2D eigenvalue weighted by Crippen LogP contribution is -2.56. The molecule has 0 bridgehead atoms. The van der Waals surface area contributed by atoms with Gasteiger partial charge in [-0.15, -0.1) is 24.0 Å². The number of nitrogens with zero attached hydrogens (tertiary/aromatic N) is 2. The summed E-state index contributed by atoms with van der Waals surface area (Å²) in [6, 6.07) is 6.36. The molecule has 27 heavy (non-hydrogen) atoms. The average molecular weight is 490 g/mol. The van der Waals surface area contributed by atoms with E-state index in [1.807, 2.05) is 7.05 Å². The van der Waals surface area contributed by atoms with Gasteiger partial charge in [0.25, 0.3) is 0 Å². The molecule has 154 valence electrons. The highest BCUT2D eigenvalue weighted by Crippen LogP contribution is 2.19. The molecule has 1 heterocycles. The van der Waals surface area contributed by atoms with Crippen molar-refractivity contribution in [3.8, 4) is 5.75 Å². The van der Waals surface area contributed by atoms with Gasteiger partial charge in [0.2, 0.25) is 0 Å². The van der Waals surface area contributed by atoms with Gasteiger partial charge >= 0.3 is 0 Å². The van der Waals surface area contributed by atoms with Gasteiger partial charge in [-0.05, 0) is 44.4 Å². The van der Waals surface area contributed by atoms with Crippen molar-refractivity contribution < 1.29 is 9.47 Å². The molecule has 0 spiro atoms. The summed E-state index contributed by atoms with van der Waals surface area (Å²) in [6.45, 7) is 11.8. The summed E-state index contributed by atoms with van der Waals surface area (Å²) >= 11 is 0. The summed E-state index contributed by atoms with van der Waals surface area (Å²) < 4.78 is 10.9. The zero-order valence-electron chi connectivity index (χ0n) is 17.3. The molecule has 1 aliphatic rings. The molecule has 0 aliphatic carbocycles. The van der Waals surface area contributed by atoms with Gasteiger partial charge in [0.1, 0.15) is 5.75 Å². The average Bonchev–Trinajstić information content (AvgIpc) is 2.66. The Kier molecular flexibility index (Phi) is 10.4. The van der Waals surface area contributed by atoms with E-state index in [1.54, 1.807) is 7.11 Å². The zero-order valence-corrected chi connectivity index (χ0v) is 19.6. The van der Waals surface area contributed by atoms with Crippen LogP contribution in [0.1, 0.15) is 25.0 Å². The van der Waals surface area contributed by atoms with Crippen LogP contribution >= 0.6 is 24.0 Å². The van der Waals surface area contributed by atoms with Crippen LogP contribution in [0.15, 0.2) is 23.2 Å². The van der Waals surface area contributed by atoms with Gasteiger partial charge in [-0.25, -0.2) is 0 Å². The van der Waals surface area contributed by atoms with Crippen LogP contribution in [0.25, 0.3) is 0 Å². The smallest absolute Gasteiger partial charge is 0.191 e. The van der Waals surface area contributed by atoms with E-state index in [0.29, 0.717) is 0 Å². The first-order valence-electron chi connectivity index (χ1n) is 9.37. The summed E-state index contributed by atoms with van der Waals surface area (Å²) in [5, 5.41) is 6.86. The normalized spacial score (nSPS) is 15.8. The maximum absolute atomic E-state index is 5.45. The molecule has 7 heteroatoms. The summed E-state index contributed by atoms with van der Waals surface area (Å²) in [4.78, 5) is 6.81. The van der Waals surface area contributed by atoms with E-state index < -0.39 is 0 Å². The summed E-state index contributed by atoms with van der Waals surface area (Å²) in [7, 11) is 3.53. The van der Waals surface area contributed by atoms with Crippen LogP contribution in [0.4, 0.5) is 0 Å². The third-order valence-electron chi connectivity index (χ3n) is 4.96. The van der Waals surface area contributed by atoms with Crippen molar-refractivity contribution in [2.45, 2.75) is 32.7 Å². The predicted molar refractivity (Wildman–Crippen MR) is 123 cm³/mol. The van der Waals surface area contributed by atoms with E-state index in [-0.39, 0.29) is 29.5 Å². The second kappa shape index (κ2) is 11.7. The molecule has 0 amide bonds. The second-order valence-corrected chi connectivity index (χ2v) is 7.32. The van der Waals surface area contributed by atoms with Gasteiger partial charge in [-0.1, -0.05) is 12.1 Å². The predicted octanol–water partition coefficient (Wildman–Crippen LogP) is 2.44. The number of ether oxygens (including phenoxy) is 2. The topological polar surface area (TPSA) is 58.1 Å². The highest BCUT2D eigenvalue weighted by molar-refractivity contribution is 14.0. The number of halogens is 1. The summed E-state index contributed by atoms with van der Waals surface area (Å²) in [5.74, 6) is 1.78. The van der Waals surface area contributed by atoms with Crippen LogP contribution in [0, 0.1) is 6.92 Å². The van der Waals surface area contributed by atoms with Crippen LogP contribution in [0.2, 0.25) is 0 Å². The maximum Gasteiger partial charge on any atom is 0.191 e. The molecular formula is C20H35IN4O2. The number of rotatable bonds is 7. The van der Waals surface area contributed by atoms with Crippen molar-refractivity contribution in [2.75, 3.05) is 53.6 Å². The van der Waals surface area contributed by atoms with Crippen molar-refractivity contribution >= 4 is 29.9 Å². The number of nitrogens with one attached hydrogen (secondary N) is 2. The summed E-state index contributed by atoms with van der Waals surface area (Å²) in [6.07, 6.45) is 0.921. The van der Waals surface area contributed by atoms with E-state index in [4.69, 9.17) is 9.47 Å². The van der Waals surface area contributed by atoms with E-state index in [9.17, 15) is 0 Å². The first-order chi connectivity index (χ1) is 12.5. The number of morpholine rings is 1. The quantitative estimate of drug-likeness (QED) is 0.350. The Hall–Kier alpha value is -1.06. The lowest BCUT2D eigenvalue weighted by atomic mass is 10.0. The van der Waals surface area contributed by atoms with Gasteiger partial charge in [0.05, 0.1) is 20.3 Å². The number of aryl methyl sites for hydroxylation is 1. The van der Waals surface area contributed by atoms with Gasteiger partial charge in [-0.3, -0.25) is 9.89 Å². The second-order valence-electron chi connectivity index (χ2n) is 7.32. The van der Waals surface area contributed by atoms with Crippen LogP contribution in [-0.2, 0) is 11.2 Å². The van der Waals surface area contributed by atoms with E-state index in [0.717, 1.165) is 63.1 Å². The zero-order chi connectivity index (χ0) is 19.0. The highest BCUT2D eigenvalue weighted by Gasteiger charge is 2.28. The standard InChI is InChI=1S/C20H34N4O2.HI/c1-16-6-7-17(14-18(16)25-5)8-9-22-19(21-4)23-15-20(2,3)24-10-12-26-13-11-24;/h6-7,14H,8-13,15H2,1-5H3,(H2,21,22,23);1H. The van der Waals surface area contributed by atoms with E-state index >= 15 is 0 Å². The van der Waals surface area contributed by atoms with Gasteiger partial charge in [0, 0.05) is 38.8 Å². The molecule has 1 aliphatic heterocycles.